The Morgan fingerprint density at radius 2 is 1.94 bits per heavy atom. The Kier molecular flexibility index (Phi) is 5.14. The molecule has 0 spiro atoms. The van der Waals surface area contributed by atoms with Gasteiger partial charge in [0.05, 0.1) is 18.7 Å². The normalized spacial score (nSPS) is 11.2. The van der Waals surface area contributed by atoms with Crippen molar-refractivity contribution in [3.05, 3.63) is 72.1 Å². The Morgan fingerprint density at radius 3 is 2.70 bits per heavy atom. The monoisotopic (exact) mass is 445 g/mol. The van der Waals surface area contributed by atoms with Gasteiger partial charge in [-0.2, -0.15) is 15.3 Å². The number of methoxy groups -OCH3 is 1. The number of pyridine rings is 1. The van der Waals surface area contributed by atoms with Crippen molar-refractivity contribution in [3.8, 4) is 23.1 Å². The average Bonchev–Trinajstić information content (AvgIpc) is 3.38. The van der Waals surface area contributed by atoms with Crippen molar-refractivity contribution in [2.24, 2.45) is 0 Å². The number of halogens is 2. The Morgan fingerprint density at radius 1 is 1.12 bits per heavy atom. The second-order valence-corrected chi connectivity index (χ2v) is 7.41. The van der Waals surface area contributed by atoms with E-state index in [1.54, 1.807) is 16.9 Å². The van der Waals surface area contributed by atoms with E-state index in [1.807, 2.05) is 16.7 Å². The second-order valence-electron chi connectivity index (χ2n) is 7.41. The van der Waals surface area contributed by atoms with Gasteiger partial charge in [0.15, 0.2) is 5.65 Å². The third kappa shape index (κ3) is 3.74. The summed E-state index contributed by atoms with van der Waals surface area (Å²) in [6, 6.07) is 9.30. The molecule has 0 fully saturated rings. The first-order chi connectivity index (χ1) is 16.1. The first kappa shape index (κ1) is 20.5. The van der Waals surface area contributed by atoms with Crippen molar-refractivity contribution in [2.45, 2.75) is 19.4 Å². The molecule has 8 nitrogen and oxygen atoms in total. The molecule has 0 unspecified atom stereocenters. The van der Waals surface area contributed by atoms with Crippen molar-refractivity contribution >= 4 is 16.7 Å². The molecule has 0 saturated carbocycles. The summed E-state index contributed by atoms with van der Waals surface area (Å²) in [5.74, 6) is -0.273. The van der Waals surface area contributed by atoms with Gasteiger partial charge in [0, 0.05) is 49.0 Å². The molecule has 5 aromatic rings. The first-order valence-corrected chi connectivity index (χ1v) is 10.1. The van der Waals surface area contributed by atoms with E-state index in [-0.39, 0.29) is 13.0 Å². The predicted octanol–water partition coefficient (Wildman–Crippen LogP) is 3.93. The Balaban J connectivity index is 1.67. The number of hydrogen-bond donors (Lipinski definition) is 0. The molecule has 5 rings (SSSR count). The van der Waals surface area contributed by atoms with Crippen LogP contribution in [0.4, 0.5) is 8.78 Å². The molecule has 0 atom stereocenters. The van der Waals surface area contributed by atoms with Crippen molar-refractivity contribution in [1.29, 1.82) is 5.26 Å². The number of hydrogen-bond acceptors (Lipinski definition) is 6. The molecule has 10 heteroatoms. The van der Waals surface area contributed by atoms with E-state index in [0.717, 1.165) is 17.2 Å². The summed E-state index contributed by atoms with van der Waals surface area (Å²) in [5.41, 5.74) is 3.88. The summed E-state index contributed by atoms with van der Waals surface area (Å²) in [5, 5.41) is 13.3. The van der Waals surface area contributed by atoms with Gasteiger partial charge in [0.2, 0.25) is 5.88 Å². The van der Waals surface area contributed by atoms with Crippen LogP contribution in [0.3, 0.4) is 0 Å². The molecular weight excluding hydrogens is 428 g/mol. The third-order valence-corrected chi connectivity index (χ3v) is 5.33. The predicted molar refractivity (Wildman–Crippen MR) is 115 cm³/mol. The Labute approximate surface area is 186 Å². The van der Waals surface area contributed by atoms with Gasteiger partial charge in [-0.15, -0.1) is 0 Å². The maximum atomic E-state index is 13.8. The largest absolute Gasteiger partial charge is 0.479 e. The van der Waals surface area contributed by atoms with Gasteiger partial charge in [-0.3, -0.25) is 0 Å². The minimum Gasteiger partial charge on any atom is -0.479 e. The molecular formula is C23H17F2N7O. The lowest BCUT2D eigenvalue weighted by Gasteiger charge is -2.10. The summed E-state index contributed by atoms with van der Waals surface area (Å²) < 4.78 is 36.5. The third-order valence-electron chi connectivity index (χ3n) is 5.33. The van der Waals surface area contributed by atoms with Crippen molar-refractivity contribution < 1.29 is 13.5 Å². The molecule has 0 aliphatic rings. The lowest BCUT2D eigenvalue weighted by Crippen LogP contribution is -2.06. The lowest BCUT2D eigenvalue weighted by atomic mass is 10.1. The fourth-order valence-corrected chi connectivity index (χ4v) is 3.93. The topological polar surface area (TPSA) is 93.9 Å². The number of aryl methyl sites for hydroxylation is 1. The van der Waals surface area contributed by atoms with Gasteiger partial charge in [-0.05, 0) is 29.8 Å². The van der Waals surface area contributed by atoms with Gasteiger partial charge in [0.25, 0.3) is 0 Å². The van der Waals surface area contributed by atoms with Gasteiger partial charge >= 0.3 is 0 Å². The second kappa shape index (κ2) is 8.27. The number of benzene rings is 1. The zero-order valence-corrected chi connectivity index (χ0v) is 17.5. The number of nitriles is 1. The molecule has 0 amide bonds. The van der Waals surface area contributed by atoms with Crippen LogP contribution in [0.15, 0.2) is 49.1 Å². The van der Waals surface area contributed by atoms with Gasteiger partial charge in [-0.1, -0.05) is 0 Å². The SMILES string of the molecule is COc1ncnn2ccc(-c3cnc4nc(CCC#N)n(Cc5cc(F)cc(F)c5)c4c3)c12. The molecule has 164 valence electrons. The van der Waals surface area contributed by atoms with Gasteiger partial charge in [-0.25, -0.2) is 23.3 Å². The molecule has 0 radical (unpaired) electrons. The lowest BCUT2D eigenvalue weighted by molar-refractivity contribution is 0.399. The van der Waals surface area contributed by atoms with E-state index < -0.39 is 11.6 Å². The maximum absolute atomic E-state index is 13.8. The van der Waals surface area contributed by atoms with Crippen LogP contribution >= 0.6 is 0 Å². The molecule has 4 heterocycles. The van der Waals surface area contributed by atoms with Crippen LogP contribution in [0, 0.1) is 23.0 Å². The molecule has 4 aromatic heterocycles. The van der Waals surface area contributed by atoms with Gasteiger partial charge < -0.3 is 9.30 Å². The van der Waals surface area contributed by atoms with E-state index in [4.69, 9.17) is 10.00 Å². The van der Waals surface area contributed by atoms with Crippen LogP contribution in [-0.2, 0) is 13.0 Å². The highest BCUT2D eigenvalue weighted by Crippen LogP contribution is 2.32. The van der Waals surface area contributed by atoms with E-state index in [9.17, 15) is 8.78 Å². The molecule has 0 bridgehead atoms. The summed E-state index contributed by atoms with van der Waals surface area (Å²) in [6.07, 6.45) is 5.54. The van der Waals surface area contributed by atoms with Crippen molar-refractivity contribution in [3.63, 3.8) is 0 Å². The van der Waals surface area contributed by atoms with Crippen molar-refractivity contribution in [2.75, 3.05) is 7.11 Å². The molecule has 0 saturated heterocycles. The molecule has 0 N–H and O–H groups in total. The van der Waals surface area contributed by atoms with E-state index in [2.05, 4.69) is 26.1 Å². The zero-order chi connectivity index (χ0) is 22.9. The minimum atomic E-state index is -0.654. The fourth-order valence-electron chi connectivity index (χ4n) is 3.93. The van der Waals surface area contributed by atoms with Crippen LogP contribution in [0.5, 0.6) is 5.88 Å². The van der Waals surface area contributed by atoms with Crippen LogP contribution in [0.1, 0.15) is 17.8 Å². The molecule has 1 aromatic carbocycles. The highest BCUT2D eigenvalue weighted by molar-refractivity contribution is 5.87. The maximum Gasteiger partial charge on any atom is 0.241 e. The number of nitrogens with zero attached hydrogens (tertiary/aromatic N) is 7. The standard InChI is InChI=1S/C23H17F2N7O/c1-33-23-21-18(4-6-32(21)29-13-28-23)15-9-19-22(27-11-15)30-20(3-2-5-26)31(19)12-14-7-16(24)10-17(25)8-14/h4,6-11,13H,2-3,12H2,1H3. The molecule has 0 aliphatic carbocycles. The number of fused-ring (bicyclic) bond motifs is 2. The minimum absolute atomic E-state index is 0.181. The quantitative estimate of drug-likeness (QED) is 0.393. The Hall–Kier alpha value is -4.39. The highest BCUT2D eigenvalue weighted by Gasteiger charge is 2.17. The van der Waals surface area contributed by atoms with Crippen LogP contribution < -0.4 is 4.74 Å². The van der Waals surface area contributed by atoms with Crippen LogP contribution in [0.2, 0.25) is 0 Å². The number of aromatic nitrogens is 6. The number of rotatable bonds is 6. The smallest absolute Gasteiger partial charge is 0.241 e. The number of imidazole rings is 1. The van der Waals surface area contributed by atoms with E-state index in [0.29, 0.717) is 40.4 Å². The van der Waals surface area contributed by atoms with Crippen molar-refractivity contribution in [1.82, 2.24) is 29.1 Å². The fraction of sp³-hybridized carbons (Fsp3) is 0.174. The Bertz CT molecular complexity index is 1510. The first-order valence-electron chi connectivity index (χ1n) is 10.1. The zero-order valence-electron chi connectivity index (χ0n) is 17.5. The summed E-state index contributed by atoms with van der Waals surface area (Å²) in [6.45, 7) is 0.181. The van der Waals surface area contributed by atoms with E-state index >= 15 is 0 Å². The summed E-state index contributed by atoms with van der Waals surface area (Å²) in [4.78, 5) is 13.3. The summed E-state index contributed by atoms with van der Waals surface area (Å²) in [7, 11) is 1.54. The van der Waals surface area contributed by atoms with E-state index in [1.165, 1.54) is 25.6 Å². The number of ether oxygens (including phenoxy) is 1. The van der Waals surface area contributed by atoms with Crippen LogP contribution in [-0.4, -0.2) is 36.2 Å². The molecule has 33 heavy (non-hydrogen) atoms. The van der Waals surface area contributed by atoms with Gasteiger partial charge in [0.1, 0.15) is 29.3 Å². The average molecular weight is 445 g/mol. The molecule has 0 aliphatic heterocycles. The summed E-state index contributed by atoms with van der Waals surface area (Å²) >= 11 is 0. The van der Waals surface area contributed by atoms with Crippen LogP contribution in [0.25, 0.3) is 27.8 Å². The highest BCUT2D eigenvalue weighted by atomic mass is 19.1.